The van der Waals surface area contributed by atoms with Crippen LogP contribution in [0.15, 0.2) is 12.7 Å². The second kappa shape index (κ2) is 12.5. The Morgan fingerprint density at radius 1 is 1.31 bits per heavy atom. The molecule has 3 aliphatic carbocycles. The maximum absolute atomic E-state index is 13.6. The second-order valence-corrected chi connectivity index (χ2v) is 16.4. The molecule has 0 unspecified atom stereocenters. The second-order valence-electron chi connectivity index (χ2n) is 14.7. The molecule has 0 saturated heterocycles. The Balaban J connectivity index is 1.50. The SMILES string of the molecule is C=C[C@]1(C)C[C@@H](OC(=O)CSC(C)(C)CNC(=O)c2c([N+](=O)[O-])c(CC)nn2C)[C@]2(C)[C@H](C)CC[C@]3(CCC(=O)[C@@H]32)[C@@H](C)[C@@H]1O. The van der Waals surface area contributed by atoms with Crippen molar-refractivity contribution < 1.29 is 29.2 Å². The molecule has 3 fully saturated rings. The van der Waals surface area contributed by atoms with Crippen molar-refractivity contribution in [2.45, 2.75) is 104 Å². The van der Waals surface area contributed by atoms with E-state index in [1.54, 1.807) is 13.0 Å². The van der Waals surface area contributed by atoms with E-state index in [4.69, 9.17) is 4.74 Å². The number of carbonyl (C=O) groups is 3. The lowest BCUT2D eigenvalue weighted by Gasteiger charge is -2.61. The van der Waals surface area contributed by atoms with Gasteiger partial charge in [-0.1, -0.05) is 40.7 Å². The van der Waals surface area contributed by atoms with Crippen molar-refractivity contribution in [2.24, 2.45) is 41.0 Å². The van der Waals surface area contributed by atoms with E-state index >= 15 is 0 Å². The highest BCUT2D eigenvalue weighted by Gasteiger charge is 2.68. The summed E-state index contributed by atoms with van der Waals surface area (Å²) in [6.07, 6.45) is 4.11. The lowest BCUT2D eigenvalue weighted by molar-refractivity contribution is -0.385. The van der Waals surface area contributed by atoms with Gasteiger partial charge in [0.2, 0.25) is 5.69 Å². The van der Waals surface area contributed by atoms with Gasteiger partial charge >= 0.3 is 11.7 Å². The number of ether oxygens (including phenoxy) is 1. The molecule has 0 aliphatic heterocycles. The fraction of sp³-hybridized carbons (Fsp3) is 0.758. The third-order valence-corrected chi connectivity index (χ3v) is 13.0. The highest BCUT2D eigenvalue weighted by molar-refractivity contribution is 8.01. The monoisotopic (exact) mass is 646 g/mol. The third-order valence-electron chi connectivity index (χ3n) is 11.7. The number of hydrogen-bond donors (Lipinski definition) is 2. The number of aliphatic hydroxyl groups is 1. The molecule has 3 saturated carbocycles. The van der Waals surface area contributed by atoms with Crippen LogP contribution in [0.1, 0.15) is 96.8 Å². The Morgan fingerprint density at radius 2 is 1.98 bits per heavy atom. The number of aromatic nitrogens is 2. The van der Waals surface area contributed by atoms with Crippen LogP contribution < -0.4 is 5.32 Å². The quantitative estimate of drug-likeness (QED) is 0.154. The van der Waals surface area contributed by atoms with Gasteiger partial charge < -0.3 is 15.2 Å². The standard InChI is InChI=1S/C33H50N4O7S/c1-10-21-25(37(42)43)26(36(9)35-21)29(41)34-18-30(5,6)45-17-24(39)44-23-16-31(7,11-2)28(40)20(4)33-14-12-19(3)32(23,8)27(33)22(38)13-15-33/h11,19-20,23,27-28,40H,2,10,12-18H2,1,3-9H3,(H,34,41)/t19-,20+,23-,27-,28+,31-,32+,33+/m1/s1. The minimum atomic E-state index is -0.733. The largest absolute Gasteiger partial charge is 0.461 e. The third kappa shape index (κ3) is 5.97. The fourth-order valence-corrected chi connectivity index (χ4v) is 9.38. The zero-order chi connectivity index (χ0) is 33.7. The first-order valence-corrected chi connectivity index (χ1v) is 17.0. The van der Waals surface area contributed by atoms with E-state index in [2.05, 4.69) is 37.8 Å². The van der Waals surface area contributed by atoms with Gasteiger partial charge in [0.1, 0.15) is 17.6 Å². The highest BCUT2D eigenvalue weighted by Crippen LogP contribution is 2.68. The number of nitro groups is 1. The number of hydrogen-bond acceptors (Lipinski definition) is 9. The highest BCUT2D eigenvalue weighted by atomic mass is 32.2. The number of rotatable bonds is 10. The number of nitrogens with one attached hydrogen (secondary N) is 1. The van der Waals surface area contributed by atoms with Gasteiger partial charge in [0.05, 0.1) is 16.8 Å². The number of aliphatic hydroxyl groups excluding tert-OH is 1. The van der Waals surface area contributed by atoms with E-state index in [1.807, 2.05) is 20.8 Å². The Bertz CT molecular complexity index is 1380. The van der Waals surface area contributed by atoms with Crippen molar-refractivity contribution in [1.82, 2.24) is 15.1 Å². The summed E-state index contributed by atoms with van der Waals surface area (Å²) in [5.74, 6) is -1.09. The van der Waals surface area contributed by atoms with Crippen LogP contribution in [0.2, 0.25) is 0 Å². The number of nitrogens with zero attached hydrogens (tertiary/aromatic N) is 3. The molecule has 1 aromatic rings. The predicted octanol–water partition coefficient (Wildman–Crippen LogP) is 5.04. The minimum Gasteiger partial charge on any atom is -0.461 e. The maximum atomic E-state index is 13.6. The van der Waals surface area contributed by atoms with E-state index in [1.165, 1.54) is 23.5 Å². The van der Waals surface area contributed by atoms with Crippen LogP contribution in [0.4, 0.5) is 5.69 Å². The first-order chi connectivity index (χ1) is 20.9. The average molecular weight is 647 g/mol. The Kier molecular flexibility index (Phi) is 9.73. The van der Waals surface area contributed by atoms with Gasteiger partial charge in [-0.25, -0.2) is 0 Å². The van der Waals surface area contributed by atoms with Gasteiger partial charge in [-0.15, -0.1) is 18.3 Å². The summed E-state index contributed by atoms with van der Waals surface area (Å²) >= 11 is 1.31. The van der Waals surface area contributed by atoms with Gasteiger partial charge in [0.25, 0.3) is 5.91 Å². The number of ketones is 1. The van der Waals surface area contributed by atoms with Crippen molar-refractivity contribution in [3.8, 4) is 0 Å². The summed E-state index contributed by atoms with van der Waals surface area (Å²) in [5.41, 5.74) is -1.82. The summed E-state index contributed by atoms with van der Waals surface area (Å²) in [6.45, 7) is 18.0. The molecule has 11 nitrogen and oxygen atoms in total. The Hall–Kier alpha value is -2.73. The van der Waals surface area contributed by atoms with Crippen molar-refractivity contribution >= 4 is 35.1 Å². The molecule has 0 spiro atoms. The average Bonchev–Trinajstić information content (AvgIpc) is 3.52. The number of thioether (sulfide) groups is 1. The van der Waals surface area contributed by atoms with Crippen molar-refractivity contribution in [3.63, 3.8) is 0 Å². The molecule has 1 amide bonds. The van der Waals surface area contributed by atoms with Crippen LogP contribution >= 0.6 is 11.8 Å². The lowest BCUT2D eigenvalue weighted by atomic mass is 9.44. The van der Waals surface area contributed by atoms with Gasteiger partial charge in [0, 0.05) is 41.5 Å². The molecular weight excluding hydrogens is 596 g/mol. The molecular formula is C33H50N4O7S. The van der Waals surface area contributed by atoms with Crippen LogP contribution in [0, 0.1) is 44.1 Å². The Labute approximate surface area is 270 Å². The van der Waals surface area contributed by atoms with Crippen molar-refractivity contribution in [3.05, 3.63) is 34.2 Å². The fourth-order valence-electron chi connectivity index (χ4n) is 8.63. The van der Waals surface area contributed by atoms with E-state index in [0.717, 1.165) is 19.3 Å². The summed E-state index contributed by atoms with van der Waals surface area (Å²) in [6, 6.07) is 0. The molecule has 45 heavy (non-hydrogen) atoms. The van der Waals surface area contributed by atoms with E-state index in [9.17, 15) is 29.6 Å². The summed E-state index contributed by atoms with van der Waals surface area (Å²) < 4.78 is 6.95. The maximum Gasteiger partial charge on any atom is 0.323 e. The zero-order valence-corrected chi connectivity index (χ0v) is 28.8. The van der Waals surface area contributed by atoms with E-state index in [0.29, 0.717) is 19.3 Å². The summed E-state index contributed by atoms with van der Waals surface area (Å²) in [5, 5.41) is 30.3. The van der Waals surface area contributed by atoms with Gasteiger partial charge in [-0.3, -0.25) is 29.2 Å². The Morgan fingerprint density at radius 3 is 2.58 bits per heavy atom. The molecule has 250 valence electrons. The van der Waals surface area contributed by atoms with Crippen molar-refractivity contribution in [2.75, 3.05) is 12.3 Å². The van der Waals surface area contributed by atoms with Crippen LogP contribution in [-0.4, -0.2) is 66.7 Å². The molecule has 8 atom stereocenters. The number of Topliss-reactive ketones (excluding diaryl/α,β-unsaturated/α-hetero) is 1. The molecule has 1 aromatic heterocycles. The van der Waals surface area contributed by atoms with Gasteiger partial charge in [-0.2, -0.15) is 5.10 Å². The zero-order valence-electron chi connectivity index (χ0n) is 28.0. The number of amides is 1. The van der Waals surface area contributed by atoms with Gasteiger partial charge in [-0.05, 0) is 63.2 Å². The molecule has 3 aliphatic rings. The number of carbonyl (C=O) groups excluding carboxylic acids is 3. The lowest BCUT2D eigenvalue weighted by Crippen LogP contribution is -2.63. The molecule has 0 aromatic carbocycles. The normalized spacial score (nSPS) is 34.8. The smallest absolute Gasteiger partial charge is 0.323 e. The van der Waals surface area contributed by atoms with E-state index in [-0.39, 0.29) is 58.3 Å². The van der Waals surface area contributed by atoms with Crippen molar-refractivity contribution in [1.29, 1.82) is 0 Å². The van der Waals surface area contributed by atoms with Crippen LogP contribution in [0.25, 0.3) is 0 Å². The molecule has 4 rings (SSSR count). The number of esters is 1. The molecule has 1 heterocycles. The topological polar surface area (TPSA) is 154 Å². The molecule has 2 bridgehead atoms. The van der Waals surface area contributed by atoms with Gasteiger partial charge in [0.15, 0.2) is 0 Å². The molecule has 12 heteroatoms. The molecule has 0 radical (unpaired) electrons. The first kappa shape index (κ1) is 35.1. The van der Waals surface area contributed by atoms with Crippen LogP contribution in [0.5, 0.6) is 0 Å². The van der Waals surface area contributed by atoms with Crippen LogP contribution in [-0.2, 0) is 27.8 Å². The van der Waals surface area contributed by atoms with Crippen LogP contribution in [0.3, 0.4) is 0 Å². The first-order valence-electron chi connectivity index (χ1n) is 16.0. The summed E-state index contributed by atoms with van der Waals surface area (Å²) in [4.78, 5) is 51.3. The number of aryl methyl sites for hydroxylation is 2. The molecule has 2 N–H and O–H groups in total. The predicted molar refractivity (Wildman–Crippen MR) is 173 cm³/mol. The van der Waals surface area contributed by atoms with E-state index < -0.39 is 44.6 Å². The summed E-state index contributed by atoms with van der Waals surface area (Å²) in [7, 11) is 1.50. The minimum absolute atomic E-state index is 0.00316.